The number of carbonyl (C=O) groups excluding carboxylic acids is 2. The summed E-state index contributed by atoms with van der Waals surface area (Å²) in [6.45, 7) is 0.615. The Bertz CT molecular complexity index is 1400. The fourth-order valence-corrected chi connectivity index (χ4v) is 5.52. The third kappa shape index (κ3) is 8.54. The number of likely N-dealkylation sites (N-methyl/N-ethyl adjacent to an activating group) is 1. The molecule has 0 radical (unpaired) electrons. The number of halogens is 2. The second-order valence-corrected chi connectivity index (χ2v) is 11.5. The van der Waals surface area contributed by atoms with Gasteiger partial charge >= 0.3 is 0 Å². The van der Waals surface area contributed by atoms with Crippen molar-refractivity contribution in [1.29, 1.82) is 0 Å². The summed E-state index contributed by atoms with van der Waals surface area (Å²) < 4.78 is 27.0. The van der Waals surface area contributed by atoms with Crippen molar-refractivity contribution in [2.75, 3.05) is 40.5 Å². The molecule has 8 nitrogen and oxygen atoms in total. The van der Waals surface area contributed by atoms with Gasteiger partial charge in [0, 0.05) is 54.8 Å². The third-order valence-electron chi connectivity index (χ3n) is 7.83. The number of hydrogen-bond acceptors (Lipinski definition) is 6. The highest BCUT2D eigenvalue weighted by Crippen LogP contribution is 2.39. The molecule has 1 unspecified atom stereocenters. The summed E-state index contributed by atoms with van der Waals surface area (Å²) in [5.41, 5.74) is 14.1. The van der Waals surface area contributed by atoms with Gasteiger partial charge in [-0.1, -0.05) is 48.0 Å². The molecule has 3 aromatic rings. The number of nitrogens with one attached hydrogen (secondary N) is 1. The minimum atomic E-state index is -0.788. The number of nitrogens with zero attached hydrogens (tertiary/aromatic N) is 1. The van der Waals surface area contributed by atoms with Crippen LogP contribution in [0.5, 0.6) is 5.75 Å². The van der Waals surface area contributed by atoms with Crippen LogP contribution in [0.15, 0.2) is 60.7 Å². The highest BCUT2D eigenvalue weighted by molar-refractivity contribution is 6.33. The maximum atomic E-state index is 16.1. The van der Waals surface area contributed by atoms with Gasteiger partial charge in [0.15, 0.2) is 11.6 Å². The van der Waals surface area contributed by atoms with E-state index in [-0.39, 0.29) is 59.6 Å². The Labute approximate surface area is 257 Å². The fraction of sp³-hybridized carbons (Fsp3) is 0.394. The summed E-state index contributed by atoms with van der Waals surface area (Å²) in [7, 11) is 3.26. The minimum absolute atomic E-state index is 0.00538. The molecule has 3 aromatic carbocycles. The molecule has 43 heavy (non-hydrogen) atoms. The van der Waals surface area contributed by atoms with E-state index in [4.69, 9.17) is 32.5 Å². The molecular weight excluding hydrogens is 571 g/mol. The van der Waals surface area contributed by atoms with E-state index in [1.54, 1.807) is 20.2 Å². The first-order valence-electron chi connectivity index (χ1n) is 14.5. The minimum Gasteiger partial charge on any atom is -0.488 e. The van der Waals surface area contributed by atoms with Crippen molar-refractivity contribution in [1.82, 2.24) is 10.2 Å². The van der Waals surface area contributed by atoms with Crippen molar-refractivity contribution in [3.05, 3.63) is 88.2 Å². The van der Waals surface area contributed by atoms with E-state index >= 15 is 4.39 Å². The van der Waals surface area contributed by atoms with E-state index in [0.29, 0.717) is 18.2 Å². The van der Waals surface area contributed by atoms with Crippen molar-refractivity contribution >= 4 is 23.4 Å². The van der Waals surface area contributed by atoms with Crippen LogP contribution in [-0.4, -0.2) is 69.3 Å². The smallest absolute Gasteiger partial charge is 0.249 e. The lowest BCUT2D eigenvalue weighted by atomic mass is 9.87. The molecule has 0 aromatic heterocycles. The highest BCUT2D eigenvalue weighted by Gasteiger charge is 2.25. The predicted molar refractivity (Wildman–Crippen MR) is 167 cm³/mol. The summed E-state index contributed by atoms with van der Waals surface area (Å²) in [4.78, 5) is 25.5. The van der Waals surface area contributed by atoms with Crippen LogP contribution in [0.25, 0.3) is 11.1 Å². The van der Waals surface area contributed by atoms with E-state index in [9.17, 15) is 9.59 Å². The first-order valence-corrected chi connectivity index (χ1v) is 14.9. The SMILES string of the molecule is CN(C)C(=O)COCCOc1ccc(C(N)=O)c(-c2cc(C(CNC3CCC(N)CC3)c3ccccc3)ccc2Cl)c1F. The lowest BCUT2D eigenvalue weighted by Gasteiger charge is -2.29. The van der Waals surface area contributed by atoms with Gasteiger partial charge in [-0.05, 0) is 61.1 Å². The summed E-state index contributed by atoms with van der Waals surface area (Å²) >= 11 is 6.65. The molecule has 0 heterocycles. The third-order valence-corrected chi connectivity index (χ3v) is 8.16. The number of amides is 2. The van der Waals surface area contributed by atoms with Crippen LogP contribution < -0.4 is 21.5 Å². The zero-order valence-electron chi connectivity index (χ0n) is 24.7. The highest BCUT2D eigenvalue weighted by atomic mass is 35.5. The maximum absolute atomic E-state index is 16.1. The number of benzene rings is 3. The van der Waals surface area contributed by atoms with Gasteiger partial charge in [-0.15, -0.1) is 0 Å². The number of carbonyl (C=O) groups is 2. The molecule has 1 fully saturated rings. The van der Waals surface area contributed by atoms with E-state index in [1.807, 2.05) is 30.3 Å². The Morgan fingerprint density at radius 3 is 2.42 bits per heavy atom. The van der Waals surface area contributed by atoms with E-state index in [1.165, 1.54) is 17.0 Å². The van der Waals surface area contributed by atoms with Crippen molar-refractivity contribution in [3.8, 4) is 16.9 Å². The molecule has 230 valence electrons. The molecule has 1 atom stereocenters. The molecular formula is C33H40ClFN4O4. The first kappa shape index (κ1) is 32.4. The van der Waals surface area contributed by atoms with E-state index in [0.717, 1.165) is 36.8 Å². The zero-order valence-corrected chi connectivity index (χ0v) is 25.4. The van der Waals surface area contributed by atoms with Gasteiger partial charge in [-0.3, -0.25) is 9.59 Å². The lowest BCUT2D eigenvalue weighted by Crippen LogP contribution is -2.39. The summed E-state index contributed by atoms with van der Waals surface area (Å²) in [5, 5.41) is 3.99. The van der Waals surface area contributed by atoms with Crippen molar-refractivity contribution < 1.29 is 23.5 Å². The Morgan fingerprint density at radius 1 is 1.02 bits per heavy atom. The molecule has 5 N–H and O–H groups in total. The van der Waals surface area contributed by atoms with Gasteiger partial charge < -0.3 is 31.2 Å². The predicted octanol–water partition coefficient (Wildman–Crippen LogP) is 4.72. The quantitative estimate of drug-likeness (QED) is 0.241. The second kappa shape index (κ2) is 15.3. The molecule has 10 heteroatoms. The summed E-state index contributed by atoms with van der Waals surface area (Å²) in [6, 6.07) is 19.0. The number of ether oxygens (including phenoxy) is 2. The Hall–Kier alpha value is -3.50. The maximum Gasteiger partial charge on any atom is 0.249 e. The normalized spacial score (nSPS) is 17.3. The standard InChI is InChI=1S/C33H40ClFN4O4/c1-39(2)30(40)20-42-16-17-43-29-15-13-25(33(37)41)31(32(29)35)26-18-22(8-14-28(26)34)27(21-6-4-3-5-7-21)19-38-24-11-9-23(36)10-12-24/h3-8,13-15,18,23-24,27,38H,9-12,16-17,19-20,36H2,1-2H3,(H2,37,41). The molecule has 0 spiro atoms. The molecule has 0 saturated heterocycles. The second-order valence-electron chi connectivity index (χ2n) is 11.1. The monoisotopic (exact) mass is 610 g/mol. The number of hydrogen-bond donors (Lipinski definition) is 3. The first-order chi connectivity index (χ1) is 20.7. The van der Waals surface area contributed by atoms with Gasteiger partial charge in [0.1, 0.15) is 13.2 Å². The number of nitrogens with two attached hydrogens (primary N) is 2. The van der Waals surface area contributed by atoms with Gasteiger partial charge in [0.25, 0.3) is 0 Å². The van der Waals surface area contributed by atoms with Crippen LogP contribution in [-0.2, 0) is 9.53 Å². The topological polar surface area (TPSA) is 120 Å². The van der Waals surface area contributed by atoms with Crippen molar-refractivity contribution in [2.24, 2.45) is 11.5 Å². The zero-order chi connectivity index (χ0) is 30.9. The molecule has 4 rings (SSSR count). The average molecular weight is 611 g/mol. The molecule has 1 aliphatic carbocycles. The Kier molecular flexibility index (Phi) is 11.5. The van der Waals surface area contributed by atoms with E-state index in [2.05, 4.69) is 17.4 Å². The van der Waals surface area contributed by atoms with Gasteiger partial charge in [0.05, 0.1) is 12.2 Å². The van der Waals surface area contributed by atoms with E-state index < -0.39 is 11.7 Å². The molecule has 1 aliphatic rings. The van der Waals surface area contributed by atoms with Gasteiger partial charge in [0.2, 0.25) is 11.8 Å². The average Bonchev–Trinajstić information content (AvgIpc) is 2.99. The largest absolute Gasteiger partial charge is 0.488 e. The Morgan fingerprint density at radius 2 is 1.74 bits per heavy atom. The van der Waals surface area contributed by atoms with Crippen molar-refractivity contribution in [2.45, 2.75) is 43.7 Å². The van der Waals surface area contributed by atoms with Crippen LogP contribution in [0.3, 0.4) is 0 Å². The molecule has 2 amide bonds. The van der Waals surface area contributed by atoms with Gasteiger partial charge in [-0.2, -0.15) is 0 Å². The number of primary amides is 1. The fourth-order valence-electron chi connectivity index (χ4n) is 5.31. The number of rotatable bonds is 13. The molecule has 0 aliphatic heterocycles. The van der Waals surface area contributed by atoms with Crippen LogP contribution in [0.4, 0.5) is 4.39 Å². The van der Waals surface area contributed by atoms with Crippen LogP contribution >= 0.6 is 11.6 Å². The van der Waals surface area contributed by atoms with Crippen LogP contribution in [0.1, 0.15) is 53.1 Å². The summed E-state index contributed by atoms with van der Waals surface area (Å²) in [6.07, 6.45) is 4.02. The molecule has 0 bridgehead atoms. The van der Waals surface area contributed by atoms with Gasteiger partial charge in [-0.25, -0.2) is 4.39 Å². The summed E-state index contributed by atoms with van der Waals surface area (Å²) in [5.74, 6) is -1.88. The lowest BCUT2D eigenvalue weighted by molar-refractivity contribution is -0.133. The Balaban J connectivity index is 1.62. The van der Waals surface area contributed by atoms with Crippen LogP contribution in [0, 0.1) is 5.82 Å². The van der Waals surface area contributed by atoms with Crippen LogP contribution in [0.2, 0.25) is 5.02 Å². The van der Waals surface area contributed by atoms with Crippen molar-refractivity contribution in [3.63, 3.8) is 0 Å². The molecule has 1 saturated carbocycles.